The van der Waals surface area contributed by atoms with Crippen LogP contribution in [0.5, 0.6) is 0 Å². The first-order chi connectivity index (χ1) is 10.5. The highest BCUT2D eigenvalue weighted by Crippen LogP contribution is 2.25. The van der Waals surface area contributed by atoms with Gasteiger partial charge >= 0.3 is 0 Å². The van der Waals surface area contributed by atoms with E-state index in [1.807, 2.05) is 30.3 Å². The van der Waals surface area contributed by atoms with Crippen molar-refractivity contribution >= 4 is 5.91 Å². The number of aliphatic hydroxyl groups is 1. The first-order valence-electron chi connectivity index (χ1n) is 7.23. The van der Waals surface area contributed by atoms with Crippen LogP contribution in [-0.2, 0) is 0 Å². The van der Waals surface area contributed by atoms with Crippen molar-refractivity contribution in [1.29, 1.82) is 0 Å². The Balaban J connectivity index is 2.30. The molecule has 0 spiro atoms. The lowest BCUT2D eigenvalue weighted by molar-refractivity contribution is 0.0704. The van der Waals surface area contributed by atoms with Gasteiger partial charge in [0, 0.05) is 19.2 Å². The first kappa shape index (κ1) is 16.2. The number of halogens is 1. The molecule has 0 aliphatic heterocycles. The van der Waals surface area contributed by atoms with E-state index in [1.165, 1.54) is 18.2 Å². The summed E-state index contributed by atoms with van der Waals surface area (Å²) in [6.07, 6.45) is 0.451. The van der Waals surface area contributed by atoms with E-state index in [0.29, 0.717) is 17.5 Å². The molecule has 2 aromatic carbocycles. The Kier molecular flexibility index (Phi) is 5.28. The molecule has 0 radical (unpaired) electrons. The maximum absolute atomic E-state index is 13.2. The van der Waals surface area contributed by atoms with E-state index < -0.39 is 0 Å². The normalized spacial score (nSPS) is 12.0. The molecule has 0 saturated carbocycles. The van der Waals surface area contributed by atoms with Crippen molar-refractivity contribution in [2.45, 2.75) is 19.4 Å². The fraction of sp³-hybridized carbons (Fsp3) is 0.278. The second-order valence-electron chi connectivity index (χ2n) is 5.31. The Morgan fingerprint density at radius 3 is 2.50 bits per heavy atom. The maximum Gasteiger partial charge on any atom is 0.254 e. The summed E-state index contributed by atoms with van der Waals surface area (Å²) < 4.78 is 13.2. The van der Waals surface area contributed by atoms with Crippen molar-refractivity contribution < 1.29 is 14.3 Å². The molecular formula is C18H20FNO2. The number of hydrogen-bond donors (Lipinski definition) is 1. The van der Waals surface area contributed by atoms with Gasteiger partial charge in [-0.15, -0.1) is 0 Å². The smallest absolute Gasteiger partial charge is 0.254 e. The fourth-order valence-corrected chi connectivity index (χ4v) is 2.58. The van der Waals surface area contributed by atoms with Crippen LogP contribution in [0.3, 0.4) is 0 Å². The van der Waals surface area contributed by atoms with Crippen LogP contribution >= 0.6 is 0 Å². The summed E-state index contributed by atoms with van der Waals surface area (Å²) in [5, 5.41) is 9.30. The second-order valence-corrected chi connectivity index (χ2v) is 5.31. The summed E-state index contributed by atoms with van der Waals surface area (Å²) in [5.41, 5.74) is 2.04. The minimum absolute atomic E-state index is 0.0143. The van der Waals surface area contributed by atoms with Crippen molar-refractivity contribution in [1.82, 2.24) is 4.90 Å². The van der Waals surface area contributed by atoms with Crippen molar-refractivity contribution in [2.75, 3.05) is 13.7 Å². The molecule has 3 nitrogen and oxygen atoms in total. The Bertz CT molecular complexity index is 643. The Hall–Kier alpha value is -2.20. The maximum atomic E-state index is 13.2. The zero-order chi connectivity index (χ0) is 16.1. The van der Waals surface area contributed by atoms with Crippen LogP contribution in [0.15, 0.2) is 48.5 Å². The summed E-state index contributed by atoms with van der Waals surface area (Å²) in [6.45, 7) is 1.70. The molecule has 22 heavy (non-hydrogen) atoms. The number of carbonyl (C=O) groups is 1. The fourth-order valence-electron chi connectivity index (χ4n) is 2.58. The zero-order valence-corrected chi connectivity index (χ0v) is 12.8. The van der Waals surface area contributed by atoms with E-state index in [4.69, 9.17) is 0 Å². The van der Waals surface area contributed by atoms with Crippen molar-refractivity contribution in [3.8, 4) is 0 Å². The standard InChI is InChI=1S/C18H20FNO2/c1-13-12-15(19)8-9-16(13)18(22)20(2)17(10-11-21)14-6-4-3-5-7-14/h3-9,12,17,21H,10-11H2,1-2H3. The van der Waals surface area contributed by atoms with E-state index in [0.717, 1.165) is 5.56 Å². The molecular weight excluding hydrogens is 281 g/mol. The Labute approximate surface area is 130 Å². The molecule has 1 amide bonds. The number of aliphatic hydroxyl groups excluding tert-OH is 1. The van der Waals surface area contributed by atoms with Gasteiger partial charge in [-0.25, -0.2) is 4.39 Å². The average molecular weight is 301 g/mol. The van der Waals surface area contributed by atoms with Crippen LogP contribution < -0.4 is 0 Å². The molecule has 0 bridgehead atoms. The monoisotopic (exact) mass is 301 g/mol. The van der Waals surface area contributed by atoms with E-state index in [9.17, 15) is 14.3 Å². The predicted molar refractivity (Wildman–Crippen MR) is 84.1 cm³/mol. The van der Waals surface area contributed by atoms with E-state index in [2.05, 4.69) is 0 Å². The Morgan fingerprint density at radius 1 is 1.23 bits per heavy atom. The number of benzene rings is 2. The highest BCUT2D eigenvalue weighted by atomic mass is 19.1. The van der Waals surface area contributed by atoms with Crippen LogP contribution in [0.25, 0.3) is 0 Å². The number of aryl methyl sites for hydroxylation is 1. The van der Waals surface area contributed by atoms with Gasteiger partial charge in [0.1, 0.15) is 5.82 Å². The molecule has 0 aliphatic carbocycles. The SMILES string of the molecule is Cc1cc(F)ccc1C(=O)N(C)C(CCO)c1ccccc1. The molecule has 1 atom stereocenters. The molecule has 0 aliphatic rings. The van der Waals surface area contributed by atoms with Crippen LogP contribution in [0.2, 0.25) is 0 Å². The molecule has 0 heterocycles. The van der Waals surface area contributed by atoms with E-state index >= 15 is 0 Å². The van der Waals surface area contributed by atoms with Crippen molar-refractivity contribution in [3.05, 3.63) is 71.0 Å². The molecule has 0 saturated heterocycles. The van der Waals surface area contributed by atoms with Gasteiger partial charge in [0.2, 0.25) is 0 Å². The van der Waals surface area contributed by atoms with Gasteiger partial charge < -0.3 is 10.0 Å². The van der Waals surface area contributed by atoms with Crippen LogP contribution in [0.1, 0.15) is 33.9 Å². The summed E-state index contributed by atoms with van der Waals surface area (Å²) in [6, 6.07) is 13.5. The Morgan fingerprint density at radius 2 is 1.91 bits per heavy atom. The molecule has 2 aromatic rings. The summed E-state index contributed by atoms with van der Waals surface area (Å²) in [5.74, 6) is -0.536. The third kappa shape index (κ3) is 3.52. The van der Waals surface area contributed by atoms with Crippen LogP contribution in [-0.4, -0.2) is 29.6 Å². The molecule has 1 unspecified atom stereocenters. The number of hydrogen-bond acceptors (Lipinski definition) is 2. The second kappa shape index (κ2) is 7.18. The van der Waals surface area contributed by atoms with Gasteiger partial charge in [0.15, 0.2) is 0 Å². The summed E-state index contributed by atoms with van der Waals surface area (Å²) in [4.78, 5) is 14.3. The van der Waals surface area contributed by atoms with Crippen molar-refractivity contribution in [2.24, 2.45) is 0 Å². The third-order valence-electron chi connectivity index (χ3n) is 3.79. The van der Waals surface area contributed by atoms with Gasteiger partial charge in [-0.3, -0.25) is 4.79 Å². The van der Waals surface area contributed by atoms with Gasteiger partial charge in [-0.05, 0) is 42.7 Å². The number of amides is 1. The minimum Gasteiger partial charge on any atom is -0.396 e. The van der Waals surface area contributed by atoms with Gasteiger partial charge in [-0.2, -0.15) is 0 Å². The van der Waals surface area contributed by atoms with Crippen LogP contribution in [0, 0.1) is 12.7 Å². The number of nitrogens with zero attached hydrogens (tertiary/aromatic N) is 1. The molecule has 116 valence electrons. The lowest BCUT2D eigenvalue weighted by Crippen LogP contribution is -2.32. The number of rotatable bonds is 5. The van der Waals surface area contributed by atoms with E-state index in [1.54, 1.807) is 18.9 Å². The average Bonchev–Trinajstić information content (AvgIpc) is 2.52. The third-order valence-corrected chi connectivity index (χ3v) is 3.79. The lowest BCUT2D eigenvalue weighted by Gasteiger charge is -2.29. The predicted octanol–water partition coefficient (Wildman–Crippen LogP) is 3.33. The van der Waals surface area contributed by atoms with Crippen LogP contribution in [0.4, 0.5) is 4.39 Å². The van der Waals surface area contributed by atoms with Crippen molar-refractivity contribution in [3.63, 3.8) is 0 Å². The lowest BCUT2D eigenvalue weighted by atomic mass is 10.0. The van der Waals surface area contributed by atoms with Gasteiger partial charge in [0.25, 0.3) is 5.91 Å². The largest absolute Gasteiger partial charge is 0.396 e. The molecule has 4 heteroatoms. The zero-order valence-electron chi connectivity index (χ0n) is 12.8. The molecule has 0 fully saturated rings. The highest BCUT2D eigenvalue weighted by molar-refractivity contribution is 5.95. The molecule has 2 rings (SSSR count). The van der Waals surface area contributed by atoms with Gasteiger partial charge in [-0.1, -0.05) is 30.3 Å². The molecule has 0 aromatic heterocycles. The molecule has 1 N–H and O–H groups in total. The number of carbonyl (C=O) groups excluding carboxylic acids is 1. The van der Waals surface area contributed by atoms with E-state index in [-0.39, 0.29) is 24.4 Å². The quantitative estimate of drug-likeness (QED) is 0.920. The summed E-state index contributed by atoms with van der Waals surface area (Å²) in [7, 11) is 1.71. The first-order valence-corrected chi connectivity index (χ1v) is 7.23. The highest BCUT2D eigenvalue weighted by Gasteiger charge is 2.23. The van der Waals surface area contributed by atoms with Gasteiger partial charge in [0.05, 0.1) is 6.04 Å². The minimum atomic E-state index is -0.355. The summed E-state index contributed by atoms with van der Waals surface area (Å²) >= 11 is 0. The topological polar surface area (TPSA) is 40.5 Å².